The second-order valence-corrected chi connectivity index (χ2v) is 3.66. The summed E-state index contributed by atoms with van der Waals surface area (Å²) in [6, 6.07) is 0. The molecule has 5 nitrogen and oxygen atoms in total. The van der Waals surface area contributed by atoms with Gasteiger partial charge < -0.3 is 10.8 Å². The molecule has 1 heterocycles. The summed E-state index contributed by atoms with van der Waals surface area (Å²) < 4.78 is 39.2. The summed E-state index contributed by atoms with van der Waals surface area (Å²) in [4.78, 5) is 10.7. The number of nitrogens with zero attached hydrogens (tertiary/aromatic N) is 2. The Morgan fingerprint density at radius 3 is 2.53 bits per heavy atom. The van der Waals surface area contributed by atoms with Gasteiger partial charge in [-0.05, 0) is 12.5 Å². The van der Waals surface area contributed by atoms with Crippen LogP contribution in [0.3, 0.4) is 0 Å². The monoisotopic (exact) mass is 251 g/mol. The molecule has 1 atom stereocenters. The fraction of sp³-hybridized carbons (Fsp3) is 0.556. The van der Waals surface area contributed by atoms with E-state index in [0.717, 1.165) is 0 Å². The molecule has 0 aliphatic rings. The van der Waals surface area contributed by atoms with E-state index in [1.54, 1.807) is 6.92 Å². The molecule has 0 saturated heterocycles. The first-order valence-corrected chi connectivity index (χ1v) is 4.81. The van der Waals surface area contributed by atoms with E-state index in [0.29, 0.717) is 6.54 Å². The van der Waals surface area contributed by atoms with Crippen molar-refractivity contribution in [3.05, 3.63) is 18.0 Å². The summed E-state index contributed by atoms with van der Waals surface area (Å²) in [5.41, 5.74) is 1.79. The van der Waals surface area contributed by atoms with Crippen LogP contribution in [0.4, 0.5) is 13.2 Å². The predicted octanol–water partition coefficient (Wildman–Crippen LogP) is 0.790. The highest BCUT2D eigenvalue weighted by molar-refractivity contribution is 5.80. The first-order chi connectivity index (χ1) is 7.70. The van der Waals surface area contributed by atoms with Crippen molar-refractivity contribution in [1.82, 2.24) is 9.78 Å². The van der Waals surface area contributed by atoms with Gasteiger partial charge in [-0.2, -0.15) is 18.3 Å². The number of aromatic nitrogens is 2. The van der Waals surface area contributed by atoms with Crippen LogP contribution in [0.1, 0.15) is 12.5 Å². The van der Waals surface area contributed by atoms with Gasteiger partial charge in [-0.25, -0.2) is 4.79 Å². The molecule has 8 heteroatoms. The van der Waals surface area contributed by atoms with Crippen molar-refractivity contribution in [3.63, 3.8) is 0 Å². The zero-order valence-electron chi connectivity index (χ0n) is 9.03. The van der Waals surface area contributed by atoms with Gasteiger partial charge in [0.15, 0.2) is 0 Å². The maximum atomic E-state index is 12.6. The molecule has 1 aromatic heterocycles. The van der Waals surface area contributed by atoms with Crippen LogP contribution >= 0.6 is 0 Å². The smallest absolute Gasteiger partial charge is 0.417 e. The number of nitrogens with two attached hydrogens (primary N) is 1. The summed E-state index contributed by atoms with van der Waals surface area (Å²) >= 11 is 0. The highest BCUT2D eigenvalue weighted by Crippen LogP contribution is 2.31. The standard InChI is InChI=1S/C9H12F3N3O2/c1-2-15-5-6(4-14-15)3-8(13,7(16)17)9(10,11)12/h4-5H,2-3,13H2,1H3,(H,16,17). The molecule has 1 unspecified atom stereocenters. The van der Waals surface area contributed by atoms with Crippen LogP contribution in [0.5, 0.6) is 0 Å². The van der Waals surface area contributed by atoms with Crippen LogP contribution in [0.25, 0.3) is 0 Å². The van der Waals surface area contributed by atoms with Gasteiger partial charge in [0, 0.05) is 19.2 Å². The van der Waals surface area contributed by atoms with Gasteiger partial charge in [-0.3, -0.25) is 4.68 Å². The molecule has 1 aromatic rings. The number of hydrogen-bond donors (Lipinski definition) is 2. The minimum atomic E-state index is -5.02. The predicted molar refractivity (Wildman–Crippen MR) is 52.2 cm³/mol. The molecule has 0 radical (unpaired) electrons. The Labute approximate surface area is 95.0 Å². The largest absolute Gasteiger partial charge is 0.480 e. The fourth-order valence-electron chi connectivity index (χ4n) is 1.29. The molecule has 0 spiro atoms. The highest BCUT2D eigenvalue weighted by atomic mass is 19.4. The SMILES string of the molecule is CCn1cc(CC(N)(C(=O)O)C(F)(F)F)cn1. The molecule has 17 heavy (non-hydrogen) atoms. The van der Waals surface area contributed by atoms with E-state index in [9.17, 15) is 18.0 Å². The van der Waals surface area contributed by atoms with Gasteiger partial charge in [-0.15, -0.1) is 0 Å². The van der Waals surface area contributed by atoms with E-state index in [4.69, 9.17) is 10.8 Å². The average molecular weight is 251 g/mol. The van der Waals surface area contributed by atoms with Crippen LogP contribution in [0.15, 0.2) is 12.4 Å². The summed E-state index contributed by atoms with van der Waals surface area (Å²) in [6.45, 7) is 2.24. The molecule has 1 rings (SSSR count). The van der Waals surface area contributed by atoms with Crippen molar-refractivity contribution in [2.24, 2.45) is 5.73 Å². The molecular formula is C9H12F3N3O2. The Kier molecular flexibility index (Phi) is 3.46. The quantitative estimate of drug-likeness (QED) is 0.829. The van der Waals surface area contributed by atoms with Gasteiger partial charge in [0.2, 0.25) is 5.54 Å². The average Bonchev–Trinajstić information content (AvgIpc) is 2.63. The Morgan fingerprint density at radius 2 is 2.18 bits per heavy atom. The number of halogens is 3. The van der Waals surface area contributed by atoms with Crippen LogP contribution < -0.4 is 5.73 Å². The molecular weight excluding hydrogens is 239 g/mol. The molecule has 0 fully saturated rings. The van der Waals surface area contributed by atoms with E-state index in [-0.39, 0.29) is 5.56 Å². The Balaban J connectivity index is 2.99. The van der Waals surface area contributed by atoms with Gasteiger partial charge in [0.1, 0.15) is 0 Å². The van der Waals surface area contributed by atoms with Crippen molar-refractivity contribution in [2.75, 3.05) is 0 Å². The number of carbonyl (C=O) groups is 1. The van der Waals surface area contributed by atoms with Crippen LogP contribution in [0, 0.1) is 0 Å². The maximum absolute atomic E-state index is 12.6. The van der Waals surface area contributed by atoms with E-state index in [2.05, 4.69) is 5.10 Å². The second kappa shape index (κ2) is 4.36. The van der Waals surface area contributed by atoms with E-state index < -0.39 is 24.1 Å². The van der Waals surface area contributed by atoms with Crippen molar-refractivity contribution in [1.29, 1.82) is 0 Å². The molecule has 0 aliphatic carbocycles. The topological polar surface area (TPSA) is 81.1 Å². The van der Waals surface area contributed by atoms with Gasteiger partial charge in [0.25, 0.3) is 0 Å². The summed E-state index contributed by atoms with van der Waals surface area (Å²) in [5.74, 6) is -2.10. The number of rotatable bonds is 4. The van der Waals surface area contributed by atoms with Crippen LogP contribution in [-0.4, -0.2) is 32.6 Å². The summed E-state index contributed by atoms with van der Waals surface area (Å²) in [6.07, 6.45) is -3.34. The number of hydrogen-bond acceptors (Lipinski definition) is 3. The lowest BCUT2D eigenvalue weighted by atomic mass is 9.93. The fourth-order valence-corrected chi connectivity index (χ4v) is 1.29. The van der Waals surface area contributed by atoms with E-state index in [1.807, 2.05) is 0 Å². The summed E-state index contributed by atoms with van der Waals surface area (Å²) in [5, 5.41) is 12.4. The van der Waals surface area contributed by atoms with E-state index >= 15 is 0 Å². The minimum absolute atomic E-state index is 0.133. The zero-order chi connectivity index (χ0) is 13.3. The Hall–Kier alpha value is -1.57. The van der Waals surface area contributed by atoms with Gasteiger partial charge in [-0.1, -0.05) is 0 Å². The molecule has 0 saturated carbocycles. The lowest BCUT2D eigenvalue weighted by Gasteiger charge is -2.26. The van der Waals surface area contributed by atoms with E-state index in [1.165, 1.54) is 17.1 Å². The Morgan fingerprint density at radius 1 is 1.59 bits per heavy atom. The molecule has 0 aliphatic heterocycles. The molecule has 0 aromatic carbocycles. The van der Waals surface area contributed by atoms with Gasteiger partial charge >= 0.3 is 12.1 Å². The Bertz CT molecular complexity index is 416. The van der Waals surface area contributed by atoms with Crippen LogP contribution in [-0.2, 0) is 17.8 Å². The lowest BCUT2D eigenvalue weighted by Crippen LogP contribution is -2.61. The normalized spacial score (nSPS) is 15.6. The minimum Gasteiger partial charge on any atom is -0.480 e. The second-order valence-electron chi connectivity index (χ2n) is 3.66. The zero-order valence-corrected chi connectivity index (χ0v) is 9.03. The number of carboxylic acid groups (broad SMARTS) is 1. The van der Waals surface area contributed by atoms with Crippen LogP contribution in [0.2, 0.25) is 0 Å². The molecule has 0 amide bonds. The van der Waals surface area contributed by atoms with Crippen molar-refractivity contribution < 1.29 is 23.1 Å². The lowest BCUT2D eigenvalue weighted by molar-refractivity contribution is -0.201. The van der Waals surface area contributed by atoms with Crippen molar-refractivity contribution in [3.8, 4) is 0 Å². The highest BCUT2D eigenvalue weighted by Gasteiger charge is 2.58. The first-order valence-electron chi connectivity index (χ1n) is 4.81. The third-order valence-corrected chi connectivity index (χ3v) is 2.38. The molecule has 3 N–H and O–H groups in total. The third-order valence-electron chi connectivity index (χ3n) is 2.38. The van der Waals surface area contributed by atoms with Gasteiger partial charge in [0.05, 0.1) is 6.20 Å². The first kappa shape index (κ1) is 13.5. The van der Waals surface area contributed by atoms with Crippen molar-refractivity contribution in [2.45, 2.75) is 31.6 Å². The third kappa shape index (κ3) is 2.57. The molecule has 96 valence electrons. The number of alkyl halides is 3. The number of aryl methyl sites for hydroxylation is 1. The maximum Gasteiger partial charge on any atom is 0.417 e. The number of aliphatic carboxylic acids is 1. The number of carboxylic acids is 1. The van der Waals surface area contributed by atoms with Crippen molar-refractivity contribution >= 4 is 5.97 Å². The summed E-state index contributed by atoms with van der Waals surface area (Å²) in [7, 11) is 0. The molecule has 0 bridgehead atoms.